The van der Waals surface area contributed by atoms with Crippen LogP contribution in [0, 0.1) is 6.92 Å². The Morgan fingerprint density at radius 3 is 2.85 bits per heavy atom. The average molecular weight is 275 g/mol. The standard InChI is InChI=1S/C13H17N5O2/c1-9-7-11(19)10(8-14-13(20)17(2)3)12(16-9)18-6-4-5-15-18/h4-7H,8H2,1-3H3,(H,14,20)(H,16,19). The molecular weight excluding hydrogens is 258 g/mol. The van der Waals surface area contributed by atoms with Crippen LogP contribution in [0.3, 0.4) is 0 Å². The number of H-pyrrole nitrogens is 1. The molecule has 0 saturated carbocycles. The van der Waals surface area contributed by atoms with Crippen LogP contribution in [0.4, 0.5) is 4.79 Å². The maximum Gasteiger partial charge on any atom is 0.317 e. The number of hydrogen-bond donors (Lipinski definition) is 2. The van der Waals surface area contributed by atoms with E-state index in [1.807, 2.05) is 0 Å². The molecule has 0 spiro atoms. The fourth-order valence-electron chi connectivity index (χ4n) is 1.79. The summed E-state index contributed by atoms with van der Waals surface area (Å²) in [5, 5.41) is 6.80. The highest BCUT2D eigenvalue weighted by Crippen LogP contribution is 2.08. The zero-order chi connectivity index (χ0) is 14.7. The Labute approximate surface area is 116 Å². The van der Waals surface area contributed by atoms with Gasteiger partial charge in [-0.1, -0.05) is 0 Å². The third-order valence-electron chi connectivity index (χ3n) is 2.80. The fraction of sp³-hybridized carbons (Fsp3) is 0.308. The van der Waals surface area contributed by atoms with Crippen LogP contribution < -0.4 is 10.7 Å². The van der Waals surface area contributed by atoms with Crippen LogP contribution in [0.1, 0.15) is 11.3 Å². The van der Waals surface area contributed by atoms with Gasteiger partial charge in [-0.3, -0.25) is 4.79 Å². The normalized spacial score (nSPS) is 10.3. The predicted octanol–water partition coefficient (Wildman–Crippen LogP) is 0.640. The van der Waals surface area contributed by atoms with E-state index in [0.29, 0.717) is 11.4 Å². The molecule has 2 rings (SSSR count). The van der Waals surface area contributed by atoms with Crippen LogP contribution in [-0.4, -0.2) is 39.8 Å². The van der Waals surface area contributed by atoms with Gasteiger partial charge in [-0.05, 0) is 13.0 Å². The molecule has 2 N–H and O–H groups in total. The first-order valence-electron chi connectivity index (χ1n) is 6.17. The van der Waals surface area contributed by atoms with Crippen molar-refractivity contribution < 1.29 is 4.79 Å². The van der Waals surface area contributed by atoms with Crippen molar-refractivity contribution in [2.45, 2.75) is 13.5 Å². The largest absolute Gasteiger partial charge is 0.343 e. The summed E-state index contributed by atoms with van der Waals surface area (Å²) in [7, 11) is 3.28. The molecule has 7 nitrogen and oxygen atoms in total. The molecule has 106 valence electrons. The van der Waals surface area contributed by atoms with Gasteiger partial charge in [-0.25, -0.2) is 9.48 Å². The lowest BCUT2D eigenvalue weighted by Gasteiger charge is -2.14. The van der Waals surface area contributed by atoms with Crippen LogP contribution in [0.25, 0.3) is 5.82 Å². The van der Waals surface area contributed by atoms with E-state index in [4.69, 9.17) is 0 Å². The molecule has 0 fully saturated rings. The summed E-state index contributed by atoms with van der Waals surface area (Å²) >= 11 is 0. The van der Waals surface area contributed by atoms with Gasteiger partial charge >= 0.3 is 6.03 Å². The van der Waals surface area contributed by atoms with Gasteiger partial charge in [0.1, 0.15) is 5.82 Å². The van der Waals surface area contributed by atoms with Gasteiger partial charge in [0.15, 0.2) is 5.43 Å². The summed E-state index contributed by atoms with van der Waals surface area (Å²) in [4.78, 5) is 28.2. The van der Waals surface area contributed by atoms with Gasteiger partial charge in [0.25, 0.3) is 0 Å². The second kappa shape index (κ2) is 5.60. The first kappa shape index (κ1) is 13.9. The molecule has 2 aromatic rings. The van der Waals surface area contributed by atoms with Crippen LogP contribution in [0.5, 0.6) is 0 Å². The number of nitrogens with zero attached hydrogens (tertiary/aromatic N) is 3. The van der Waals surface area contributed by atoms with E-state index >= 15 is 0 Å². The van der Waals surface area contributed by atoms with Crippen LogP contribution in [0.15, 0.2) is 29.3 Å². The lowest BCUT2D eigenvalue weighted by molar-refractivity contribution is 0.217. The van der Waals surface area contributed by atoms with Crippen molar-refractivity contribution in [2.24, 2.45) is 0 Å². The maximum atomic E-state index is 12.1. The Morgan fingerprint density at radius 1 is 1.50 bits per heavy atom. The average Bonchev–Trinajstić information content (AvgIpc) is 2.90. The van der Waals surface area contributed by atoms with Crippen molar-refractivity contribution in [3.8, 4) is 5.82 Å². The molecule has 2 amide bonds. The number of carbonyl (C=O) groups excluding carboxylic acids is 1. The zero-order valence-corrected chi connectivity index (χ0v) is 11.7. The molecule has 0 unspecified atom stereocenters. The van der Waals surface area contributed by atoms with Crippen molar-refractivity contribution in [2.75, 3.05) is 14.1 Å². The predicted molar refractivity (Wildman–Crippen MR) is 74.8 cm³/mol. The van der Waals surface area contributed by atoms with Gasteiger partial charge in [-0.15, -0.1) is 0 Å². The highest BCUT2D eigenvalue weighted by molar-refractivity contribution is 5.73. The smallest absolute Gasteiger partial charge is 0.317 e. The summed E-state index contributed by atoms with van der Waals surface area (Å²) in [6, 6.07) is 3.02. The molecule has 0 bridgehead atoms. The Morgan fingerprint density at radius 2 is 2.25 bits per heavy atom. The number of carbonyl (C=O) groups is 1. The number of aromatic amines is 1. The zero-order valence-electron chi connectivity index (χ0n) is 11.7. The summed E-state index contributed by atoms with van der Waals surface area (Å²) in [6.07, 6.45) is 3.37. The molecule has 2 heterocycles. The number of urea groups is 1. The third kappa shape index (κ3) is 2.87. The first-order valence-corrected chi connectivity index (χ1v) is 6.17. The molecule has 0 atom stereocenters. The van der Waals surface area contributed by atoms with Crippen LogP contribution in [0.2, 0.25) is 0 Å². The molecule has 2 aromatic heterocycles. The molecule has 0 aromatic carbocycles. The fourth-order valence-corrected chi connectivity index (χ4v) is 1.79. The number of pyridine rings is 1. The molecule has 20 heavy (non-hydrogen) atoms. The molecule has 0 aliphatic carbocycles. The number of amides is 2. The number of aromatic nitrogens is 3. The lowest BCUT2D eigenvalue weighted by atomic mass is 10.2. The SMILES string of the molecule is Cc1cc(=O)c(CNC(=O)N(C)C)c(-n2cccn2)[nH]1. The van der Waals surface area contributed by atoms with Crippen LogP contribution in [-0.2, 0) is 6.54 Å². The molecule has 7 heteroatoms. The second-order valence-corrected chi connectivity index (χ2v) is 4.65. The van der Waals surface area contributed by atoms with E-state index < -0.39 is 0 Å². The summed E-state index contributed by atoms with van der Waals surface area (Å²) in [6.45, 7) is 1.94. The second-order valence-electron chi connectivity index (χ2n) is 4.65. The van der Waals surface area contributed by atoms with Gasteiger partial charge < -0.3 is 15.2 Å². The highest BCUT2D eigenvalue weighted by atomic mass is 16.2. The van der Waals surface area contributed by atoms with Crippen molar-refractivity contribution >= 4 is 6.03 Å². The third-order valence-corrected chi connectivity index (χ3v) is 2.80. The molecule has 0 saturated heterocycles. The van der Waals surface area contributed by atoms with E-state index in [0.717, 1.165) is 5.69 Å². The quantitative estimate of drug-likeness (QED) is 0.862. The number of rotatable bonds is 3. The van der Waals surface area contributed by atoms with Gasteiger partial charge in [0.05, 0.1) is 12.1 Å². The summed E-state index contributed by atoms with van der Waals surface area (Å²) in [5.41, 5.74) is 1.07. The first-order chi connectivity index (χ1) is 9.49. The van der Waals surface area contributed by atoms with Crippen molar-refractivity contribution in [3.05, 3.63) is 46.0 Å². The van der Waals surface area contributed by atoms with Gasteiger partial charge in [0.2, 0.25) is 0 Å². The number of aryl methyl sites for hydroxylation is 1. The van der Waals surface area contributed by atoms with E-state index in [9.17, 15) is 9.59 Å². The lowest BCUT2D eigenvalue weighted by Crippen LogP contribution is -2.35. The Hall–Kier alpha value is -2.57. The van der Waals surface area contributed by atoms with E-state index in [1.165, 1.54) is 11.0 Å². The maximum absolute atomic E-state index is 12.1. The van der Waals surface area contributed by atoms with Crippen LogP contribution >= 0.6 is 0 Å². The Kier molecular flexibility index (Phi) is 3.88. The molecular formula is C13H17N5O2. The van der Waals surface area contributed by atoms with Crippen molar-refractivity contribution in [3.63, 3.8) is 0 Å². The Balaban J connectivity index is 2.37. The topological polar surface area (TPSA) is 83.0 Å². The summed E-state index contributed by atoms with van der Waals surface area (Å²) in [5.74, 6) is 0.569. The minimum Gasteiger partial charge on any atom is -0.343 e. The minimum absolute atomic E-state index is 0.134. The van der Waals surface area contributed by atoms with Crippen molar-refractivity contribution in [1.29, 1.82) is 0 Å². The number of nitrogens with one attached hydrogen (secondary N) is 2. The van der Waals surface area contributed by atoms with E-state index in [1.54, 1.807) is 44.2 Å². The molecule has 0 aliphatic heterocycles. The monoisotopic (exact) mass is 275 g/mol. The minimum atomic E-state index is -0.253. The molecule has 0 radical (unpaired) electrons. The van der Waals surface area contributed by atoms with E-state index in [2.05, 4.69) is 15.4 Å². The van der Waals surface area contributed by atoms with Gasteiger partial charge in [0, 0.05) is 38.2 Å². The van der Waals surface area contributed by atoms with Gasteiger partial charge in [-0.2, -0.15) is 5.10 Å². The van der Waals surface area contributed by atoms with Crippen molar-refractivity contribution in [1.82, 2.24) is 25.0 Å². The summed E-state index contributed by atoms with van der Waals surface area (Å²) < 4.78 is 1.57. The number of hydrogen-bond acceptors (Lipinski definition) is 3. The highest BCUT2D eigenvalue weighted by Gasteiger charge is 2.12. The molecule has 0 aliphatic rings. The Bertz CT molecular complexity index is 658. The van der Waals surface area contributed by atoms with E-state index in [-0.39, 0.29) is 18.0 Å².